The number of benzene rings is 3. The van der Waals surface area contributed by atoms with Crippen LogP contribution in [0.1, 0.15) is 21.5 Å². The Labute approximate surface area is 204 Å². The van der Waals surface area contributed by atoms with E-state index >= 15 is 0 Å². The predicted octanol–water partition coefficient (Wildman–Crippen LogP) is 4.12. The van der Waals surface area contributed by atoms with Crippen LogP contribution in [0.25, 0.3) is 0 Å². The van der Waals surface area contributed by atoms with E-state index in [1.807, 2.05) is 36.5 Å². The van der Waals surface area contributed by atoms with Crippen molar-refractivity contribution in [3.05, 3.63) is 108 Å². The molecule has 0 saturated carbocycles. The van der Waals surface area contributed by atoms with E-state index in [0.717, 1.165) is 15.4 Å². The molecule has 8 nitrogen and oxygen atoms in total. The maximum absolute atomic E-state index is 13.1. The van der Waals surface area contributed by atoms with Gasteiger partial charge in [-0.05, 0) is 42.0 Å². The highest BCUT2D eigenvalue weighted by Gasteiger charge is 2.24. The fraction of sp³-hybridized carbons (Fsp3) is 0.154. The Morgan fingerprint density at radius 1 is 0.943 bits per heavy atom. The van der Waals surface area contributed by atoms with Crippen LogP contribution >= 0.6 is 0 Å². The lowest BCUT2D eigenvalue weighted by Crippen LogP contribution is -2.27. The molecule has 3 aromatic carbocycles. The van der Waals surface area contributed by atoms with Crippen LogP contribution in [0, 0.1) is 0 Å². The van der Waals surface area contributed by atoms with Gasteiger partial charge in [-0.1, -0.05) is 42.5 Å². The maximum atomic E-state index is 13.1. The summed E-state index contributed by atoms with van der Waals surface area (Å²) in [4.78, 5) is 12.5. The summed E-state index contributed by atoms with van der Waals surface area (Å²) in [6, 6.07) is 22.4. The minimum atomic E-state index is -3.86. The Morgan fingerprint density at radius 2 is 1.63 bits per heavy atom. The van der Waals surface area contributed by atoms with Gasteiger partial charge in [0, 0.05) is 18.8 Å². The van der Waals surface area contributed by atoms with Crippen LogP contribution in [-0.4, -0.2) is 38.3 Å². The van der Waals surface area contributed by atoms with E-state index in [-0.39, 0.29) is 17.1 Å². The third-order valence-electron chi connectivity index (χ3n) is 5.42. The molecule has 180 valence electrons. The number of carbonyl (C=O) groups is 1. The second-order valence-electron chi connectivity index (χ2n) is 7.78. The molecule has 0 bridgehead atoms. The lowest BCUT2D eigenvalue weighted by atomic mass is 10.2. The summed E-state index contributed by atoms with van der Waals surface area (Å²) in [5.41, 5.74) is 2.53. The van der Waals surface area contributed by atoms with E-state index < -0.39 is 16.0 Å². The predicted molar refractivity (Wildman–Crippen MR) is 132 cm³/mol. The average Bonchev–Trinajstić information content (AvgIpc) is 3.34. The number of anilines is 1. The molecular formula is C26H25N3O5S. The number of hydrogen-bond acceptors (Lipinski definition) is 6. The number of rotatable bonds is 9. The van der Waals surface area contributed by atoms with Crippen molar-refractivity contribution < 1.29 is 22.7 Å². The lowest BCUT2D eigenvalue weighted by Gasteiger charge is -2.21. The minimum Gasteiger partial charge on any atom is -0.495 e. The number of para-hydroxylation sites is 2. The highest BCUT2D eigenvalue weighted by molar-refractivity contribution is 7.92. The zero-order chi connectivity index (χ0) is 24.8. The van der Waals surface area contributed by atoms with Crippen LogP contribution in [0.15, 0.2) is 96.2 Å². The van der Waals surface area contributed by atoms with Crippen molar-refractivity contribution in [2.45, 2.75) is 18.0 Å². The van der Waals surface area contributed by atoms with Crippen LogP contribution in [0.5, 0.6) is 5.75 Å². The molecule has 0 aliphatic rings. The smallest absolute Gasteiger partial charge is 0.338 e. The number of carbonyl (C=O) groups excluding carboxylic acids is 1. The van der Waals surface area contributed by atoms with Gasteiger partial charge in [-0.25, -0.2) is 13.2 Å². The van der Waals surface area contributed by atoms with Gasteiger partial charge in [0.1, 0.15) is 12.4 Å². The maximum Gasteiger partial charge on any atom is 0.338 e. The number of aromatic nitrogens is 2. The molecule has 0 unspecified atom stereocenters. The topological polar surface area (TPSA) is 90.7 Å². The van der Waals surface area contributed by atoms with Gasteiger partial charge in [0.2, 0.25) is 0 Å². The van der Waals surface area contributed by atoms with Crippen molar-refractivity contribution in [2.75, 3.05) is 18.5 Å². The van der Waals surface area contributed by atoms with Crippen molar-refractivity contribution >= 4 is 21.7 Å². The largest absolute Gasteiger partial charge is 0.495 e. The van der Waals surface area contributed by atoms with Crippen molar-refractivity contribution in [2.24, 2.45) is 0 Å². The van der Waals surface area contributed by atoms with Crippen LogP contribution < -0.4 is 9.04 Å². The zero-order valence-corrected chi connectivity index (χ0v) is 20.2. The monoisotopic (exact) mass is 491 g/mol. The van der Waals surface area contributed by atoms with Crippen molar-refractivity contribution in [1.29, 1.82) is 0 Å². The van der Waals surface area contributed by atoms with Crippen molar-refractivity contribution in [3.63, 3.8) is 0 Å². The molecule has 4 rings (SSSR count). The molecule has 35 heavy (non-hydrogen) atoms. The number of ether oxygens (including phenoxy) is 2. The Balaban J connectivity index is 1.39. The number of methoxy groups -OCH3 is 1. The van der Waals surface area contributed by atoms with Gasteiger partial charge in [0.05, 0.1) is 36.0 Å². The molecule has 9 heteroatoms. The van der Waals surface area contributed by atoms with Crippen LogP contribution in [0.2, 0.25) is 0 Å². The van der Waals surface area contributed by atoms with E-state index in [4.69, 9.17) is 9.47 Å². The summed E-state index contributed by atoms with van der Waals surface area (Å²) in [5, 5.41) is 4.30. The van der Waals surface area contributed by atoms with Gasteiger partial charge < -0.3 is 9.47 Å². The number of hydrogen-bond donors (Lipinski definition) is 0. The van der Waals surface area contributed by atoms with E-state index in [1.54, 1.807) is 35.1 Å². The Bertz CT molecular complexity index is 1400. The molecule has 4 aromatic rings. The van der Waals surface area contributed by atoms with E-state index in [0.29, 0.717) is 18.0 Å². The summed E-state index contributed by atoms with van der Waals surface area (Å²) in [7, 11) is -0.923. The summed E-state index contributed by atoms with van der Waals surface area (Å²) in [6.45, 7) is 0.679. The molecule has 0 spiro atoms. The standard InChI is InChI=1S/C26H25N3O5S/c1-28(24-10-6-7-11-25(24)33-2)35(31,32)23-14-12-22(13-15-23)26(30)34-19-21-16-27-29(18-21)17-20-8-4-3-5-9-20/h3-16,18H,17,19H2,1-2H3. The van der Waals surface area contributed by atoms with E-state index in [1.165, 1.54) is 38.4 Å². The van der Waals surface area contributed by atoms with Crippen LogP contribution in [0.4, 0.5) is 5.69 Å². The highest BCUT2D eigenvalue weighted by atomic mass is 32.2. The number of nitrogens with zero attached hydrogens (tertiary/aromatic N) is 3. The Hall–Kier alpha value is -4.11. The second-order valence-corrected chi connectivity index (χ2v) is 9.75. The molecule has 0 aliphatic carbocycles. The van der Waals surface area contributed by atoms with Gasteiger partial charge in [0.15, 0.2) is 0 Å². The summed E-state index contributed by atoms with van der Waals surface area (Å²) < 4.78 is 39.7. The fourth-order valence-corrected chi connectivity index (χ4v) is 4.72. The molecule has 0 saturated heterocycles. The molecular weight excluding hydrogens is 466 g/mol. The molecule has 0 fully saturated rings. The normalized spacial score (nSPS) is 11.1. The number of esters is 1. The molecule has 1 aromatic heterocycles. The Kier molecular flexibility index (Phi) is 7.17. The molecule has 0 atom stereocenters. The number of sulfonamides is 1. The fourth-order valence-electron chi connectivity index (χ4n) is 3.51. The molecule has 1 heterocycles. The average molecular weight is 492 g/mol. The first-order valence-corrected chi connectivity index (χ1v) is 12.3. The first kappa shape index (κ1) is 24.0. The van der Waals surface area contributed by atoms with E-state index in [9.17, 15) is 13.2 Å². The summed E-state index contributed by atoms with van der Waals surface area (Å²) in [5.74, 6) is -0.117. The zero-order valence-electron chi connectivity index (χ0n) is 19.4. The molecule has 0 amide bonds. The quantitative estimate of drug-likeness (QED) is 0.327. The van der Waals surface area contributed by atoms with Crippen LogP contribution in [-0.2, 0) is 27.9 Å². The van der Waals surface area contributed by atoms with Gasteiger partial charge in [-0.2, -0.15) is 5.10 Å². The second kappa shape index (κ2) is 10.4. The third-order valence-corrected chi connectivity index (χ3v) is 7.20. The third kappa shape index (κ3) is 5.52. The Morgan fingerprint density at radius 3 is 2.34 bits per heavy atom. The first-order valence-electron chi connectivity index (χ1n) is 10.8. The van der Waals surface area contributed by atoms with Gasteiger partial charge >= 0.3 is 5.97 Å². The SMILES string of the molecule is COc1ccccc1N(C)S(=O)(=O)c1ccc(C(=O)OCc2cnn(Cc3ccccc3)c2)cc1. The molecule has 0 N–H and O–H groups in total. The van der Waals surface area contributed by atoms with Gasteiger partial charge in [0.25, 0.3) is 10.0 Å². The van der Waals surface area contributed by atoms with Gasteiger partial charge in [-0.3, -0.25) is 8.99 Å². The highest BCUT2D eigenvalue weighted by Crippen LogP contribution is 2.30. The minimum absolute atomic E-state index is 0.0460. The molecule has 0 aliphatic heterocycles. The van der Waals surface area contributed by atoms with Crippen LogP contribution in [0.3, 0.4) is 0 Å². The summed E-state index contributed by atoms with van der Waals surface area (Å²) >= 11 is 0. The summed E-state index contributed by atoms with van der Waals surface area (Å²) in [6.07, 6.45) is 3.48. The van der Waals surface area contributed by atoms with E-state index in [2.05, 4.69) is 5.10 Å². The first-order chi connectivity index (χ1) is 16.9. The van der Waals surface area contributed by atoms with Crippen molar-refractivity contribution in [1.82, 2.24) is 9.78 Å². The van der Waals surface area contributed by atoms with Crippen molar-refractivity contribution in [3.8, 4) is 5.75 Å². The lowest BCUT2D eigenvalue weighted by molar-refractivity contribution is 0.0472. The molecule has 0 radical (unpaired) electrons. The van der Waals surface area contributed by atoms with Gasteiger partial charge in [-0.15, -0.1) is 0 Å².